The number of hydrogen-bond donors (Lipinski definition) is 5. The van der Waals surface area contributed by atoms with Crippen molar-refractivity contribution < 1.29 is 9.59 Å². The second kappa shape index (κ2) is 11.5. The van der Waals surface area contributed by atoms with Crippen LogP contribution in [0.2, 0.25) is 0 Å². The van der Waals surface area contributed by atoms with Gasteiger partial charge in [0.1, 0.15) is 0 Å². The van der Waals surface area contributed by atoms with Crippen LogP contribution >= 0.6 is 11.3 Å². The fourth-order valence-corrected chi connectivity index (χ4v) is 5.68. The van der Waals surface area contributed by atoms with Crippen molar-refractivity contribution in [1.29, 1.82) is 0 Å². The molecule has 0 bridgehead atoms. The Balaban J connectivity index is 1.21. The normalized spacial score (nSPS) is 18.2. The highest BCUT2D eigenvalue weighted by atomic mass is 32.1. The lowest BCUT2D eigenvalue weighted by Crippen LogP contribution is -2.51. The minimum Gasteiger partial charge on any atom is -0.380 e. The molecule has 2 amide bonds. The monoisotopic (exact) mass is 517 g/mol. The molecular formula is C29H35N5O2S. The highest BCUT2D eigenvalue weighted by Crippen LogP contribution is 2.30. The van der Waals surface area contributed by atoms with Gasteiger partial charge in [0.15, 0.2) is 0 Å². The van der Waals surface area contributed by atoms with E-state index in [1.54, 1.807) is 11.3 Å². The minimum atomic E-state index is -0.142. The molecule has 37 heavy (non-hydrogen) atoms. The number of aryl methyl sites for hydroxylation is 1. The van der Waals surface area contributed by atoms with Gasteiger partial charge in [-0.2, -0.15) is 0 Å². The van der Waals surface area contributed by atoms with Crippen molar-refractivity contribution in [3.05, 3.63) is 76.2 Å². The maximum Gasteiger partial charge on any atom is 0.252 e. The van der Waals surface area contributed by atoms with Crippen LogP contribution in [0.15, 0.2) is 54.6 Å². The summed E-state index contributed by atoms with van der Waals surface area (Å²) in [5, 5.41) is 16.2. The van der Waals surface area contributed by atoms with Gasteiger partial charge in [-0.3, -0.25) is 9.59 Å². The van der Waals surface area contributed by atoms with Crippen molar-refractivity contribution in [3.8, 4) is 10.4 Å². The molecule has 8 heteroatoms. The number of hydrogen-bond acceptors (Lipinski definition) is 6. The van der Waals surface area contributed by atoms with Crippen molar-refractivity contribution in [2.24, 2.45) is 0 Å². The van der Waals surface area contributed by atoms with E-state index in [1.807, 2.05) is 44.2 Å². The number of carbonyl (C=O) groups excluding carboxylic acids is 2. The van der Waals surface area contributed by atoms with Crippen LogP contribution in [0.3, 0.4) is 0 Å². The first-order valence-corrected chi connectivity index (χ1v) is 13.9. The predicted octanol–water partition coefficient (Wildman–Crippen LogP) is 3.97. The molecule has 0 spiro atoms. The highest BCUT2D eigenvalue weighted by molar-refractivity contribution is 7.15. The number of rotatable bonds is 9. The summed E-state index contributed by atoms with van der Waals surface area (Å²) in [5.41, 5.74) is 4.78. The third kappa shape index (κ3) is 6.21. The van der Waals surface area contributed by atoms with Crippen LogP contribution in [-0.4, -0.2) is 43.5 Å². The Morgan fingerprint density at radius 1 is 1.11 bits per heavy atom. The maximum atomic E-state index is 13.2. The topological polar surface area (TPSA) is 94.3 Å². The Labute approximate surface area is 222 Å². The van der Waals surface area contributed by atoms with E-state index in [0.717, 1.165) is 64.6 Å². The predicted molar refractivity (Wildman–Crippen MR) is 150 cm³/mol. The summed E-state index contributed by atoms with van der Waals surface area (Å²) < 4.78 is 0. The zero-order valence-corrected chi connectivity index (χ0v) is 22.2. The molecule has 2 atom stereocenters. The molecule has 2 fully saturated rings. The average Bonchev–Trinajstić information content (AvgIpc) is 3.58. The summed E-state index contributed by atoms with van der Waals surface area (Å²) in [7, 11) is 0. The van der Waals surface area contributed by atoms with Gasteiger partial charge in [0.05, 0.1) is 24.7 Å². The van der Waals surface area contributed by atoms with Crippen LogP contribution in [0.25, 0.3) is 10.4 Å². The molecule has 0 saturated carbocycles. The standard InChI is InChI=1S/C29H35N5O2S/c1-18-8-9-22(34-23-15-30-16-23)14-25(18)28(35)33-19(2)20-5-3-6-21(13-20)27-11-10-24(37-27)17-32-29(36)26-7-4-12-31-26/h3,5-6,8-11,13-14,19,23,26,30-31,34H,4,7,12,15-17H2,1-2H3,(H,32,36)(H,33,35)/t19-,26+/m1/s1. The van der Waals surface area contributed by atoms with Crippen LogP contribution in [-0.2, 0) is 11.3 Å². The fourth-order valence-electron chi connectivity index (χ4n) is 4.74. The first kappa shape index (κ1) is 25.4. The van der Waals surface area contributed by atoms with Crippen LogP contribution < -0.4 is 26.6 Å². The number of thiophene rings is 1. The Kier molecular flexibility index (Phi) is 7.88. The number of benzene rings is 2. The lowest BCUT2D eigenvalue weighted by molar-refractivity contribution is -0.122. The second-order valence-electron chi connectivity index (χ2n) is 9.98. The van der Waals surface area contributed by atoms with Crippen molar-refractivity contribution >= 4 is 28.8 Å². The highest BCUT2D eigenvalue weighted by Gasteiger charge is 2.22. The molecule has 2 aromatic carbocycles. The van der Waals surface area contributed by atoms with Gasteiger partial charge >= 0.3 is 0 Å². The van der Waals surface area contributed by atoms with Gasteiger partial charge in [0.2, 0.25) is 5.91 Å². The van der Waals surface area contributed by atoms with Gasteiger partial charge in [-0.05, 0) is 80.3 Å². The van der Waals surface area contributed by atoms with E-state index in [1.165, 1.54) is 0 Å². The van der Waals surface area contributed by atoms with Crippen LogP contribution in [0.5, 0.6) is 0 Å². The van der Waals surface area contributed by atoms with Crippen LogP contribution in [0, 0.1) is 6.92 Å². The van der Waals surface area contributed by atoms with E-state index in [4.69, 9.17) is 0 Å². The Hall–Kier alpha value is -3.20. The van der Waals surface area contributed by atoms with Crippen molar-refractivity contribution in [3.63, 3.8) is 0 Å². The van der Waals surface area contributed by atoms with E-state index < -0.39 is 0 Å². The fraction of sp³-hybridized carbons (Fsp3) is 0.379. The molecule has 3 heterocycles. The Bertz CT molecular complexity index is 1260. The smallest absolute Gasteiger partial charge is 0.252 e. The van der Waals surface area contributed by atoms with E-state index in [0.29, 0.717) is 18.2 Å². The Morgan fingerprint density at radius 3 is 2.73 bits per heavy atom. The lowest BCUT2D eigenvalue weighted by atomic mass is 10.0. The SMILES string of the molecule is Cc1ccc(NC2CNC2)cc1C(=O)N[C@H](C)c1cccc(-c2ccc(CNC(=O)[C@@H]3CCCN3)s2)c1. The molecule has 5 N–H and O–H groups in total. The van der Waals surface area contributed by atoms with Crippen LogP contribution in [0.1, 0.15) is 52.2 Å². The van der Waals surface area contributed by atoms with Gasteiger partial charge < -0.3 is 26.6 Å². The third-order valence-corrected chi connectivity index (χ3v) is 8.26. The number of nitrogens with one attached hydrogen (secondary N) is 5. The molecule has 1 aromatic heterocycles. The van der Waals surface area contributed by atoms with Gasteiger partial charge in [-0.25, -0.2) is 0 Å². The first-order chi connectivity index (χ1) is 18.0. The molecule has 5 rings (SSSR count). The molecule has 7 nitrogen and oxygen atoms in total. The lowest BCUT2D eigenvalue weighted by Gasteiger charge is -2.29. The summed E-state index contributed by atoms with van der Waals surface area (Å²) in [6.45, 7) is 7.33. The van der Waals surface area contributed by atoms with E-state index in [9.17, 15) is 9.59 Å². The van der Waals surface area contributed by atoms with Gasteiger partial charge in [-0.15, -0.1) is 11.3 Å². The van der Waals surface area contributed by atoms with E-state index >= 15 is 0 Å². The van der Waals surface area contributed by atoms with Gasteiger partial charge in [0, 0.05) is 34.1 Å². The number of anilines is 1. The van der Waals surface area contributed by atoms with E-state index in [2.05, 4.69) is 50.8 Å². The molecule has 2 aliphatic heterocycles. The molecule has 2 saturated heterocycles. The molecule has 0 unspecified atom stereocenters. The van der Waals surface area contributed by atoms with Crippen molar-refractivity contribution in [1.82, 2.24) is 21.3 Å². The quantitative estimate of drug-likeness (QED) is 0.296. The van der Waals surface area contributed by atoms with Crippen LogP contribution in [0.4, 0.5) is 5.69 Å². The summed E-state index contributed by atoms with van der Waals surface area (Å²) in [4.78, 5) is 27.7. The van der Waals surface area contributed by atoms with E-state index in [-0.39, 0.29) is 23.9 Å². The van der Waals surface area contributed by atoms with Gasteiger partial charge in [0.25, 0.3) is 5.91 Å². The maximum absolute atomic E-state index is 13.2. The zero-order chi connectivity index (χ0) is 25.8. The third-order valence-electron chi connectivity index (χ3n) is 7.13. The first-order valence-electron chi connectivity index (χ1n) is 13.0. The molecule has 194 valence electrons. The van der Waals surface area contributed by atoms with Crippen molar-refractivity contribution in [2.45, 2.75) is 51.4 Å². The summed E-state index contributed by atoms with van der Waals surface area (Å²) in [5.74, 6) is 0.00676. The number of carbonyl (C=O) groups is 2. The summed E-state index contributed by atoms with van der Waals surface area (Å²) >= 11 is 1.68. The molecule has 3 aromatic rings. The second-order valence-corrected chi connectivity index (χ2v) is 11.2. The largest absolute Gasteiger partial charge is 0.380 e. The molecular weight excluding hydrogens is 482 g/mol. The summed E-state index contributed by atoms with van der Waals surface area (Å²) in [6.07, 6.45) is 1.96. The molecule has 2 aliphatic rings. The molecule has 0 aliphatic carbocycles. The number of amides is 2. The van der Waals surface area contributed by atoms with Crippen molar-refractivity contribution in [2.75, 3.05) is 25.0 Å². The summed E-state index contributed by atoms with van der Waals surface area (Å²) in [6, 6.07) is 18.7. The average molecular weight is 518 g/mol. The van der Waals surface area contributed by atoms with Gasteiger partial charge in [-0.1, -0.05) is 24.3 Å². The Morgan fingerprint density at radius 2 is 1.97 bits per heavy atom. The molecule has 0 radical (unpaired) electrons. The minimum absolute atomic E-state index is 0.0598. The zero-order valence-electron chi connectivity index (χ0n) is 21.4.